The molecule has 190 valence electrons. The van der Waals surface area contributed by atoms with Crippen molar-refractivity contribution >= 4 is 21.5 Å². The quantitative estimate of drug-likeness (QED) is 0.0962. The van der Waals surface area contributed by atoms with Crippen molar-refractivity contribution in [1.29, 1.82) is 5.26 Å². The van der Waals surface area contributed by atoms with E-state index in [4.69, 9.17) is 0 Å². The Balaban J connectivity index is 2.12. The molecule has 5 aromatic carbocycles. The third-order valence-corrected chi connectivity index (χ3v) is 6.07. The summed E-state index contributed by atoms with van der Waals surface area (Å²) in [5, 5.41) is 7.80. The van der Waals surface area contributed by atoms with Crippen LogP contribution in [0.5, 0.6) is 0 Å². The van der Waals surface area contributed by atoms with Crippen molar-refractivity contribution in [2.45, 2.75) is 0 Å². The Bertz CT molecular complexity index is 1830. The number of nitrogens with zero attached hydrogens (tertiary/aromatic N) is 1. The average Bonchev–Trinajstić information content (AvgIpc) is 2.93. The van der Waals surface area contributed by atoms with Gasteiger partial charge in [0, 0.05) is 11.1 Å². The lowest BCUT2D eigenvalue weighted by Gasteiger charge is -2.20. The first kappa shape index (κ1) is 25.1. The molecule has 5 rings (SSSR count). The predicted molar refractivity (Wildman–Crippen MR) is 117 cm³/mol. The van der Waals surface area contributed by atoms with Crippen LogP contribution in [-0.4, -0.2) is 0 Å². The summed E-state index contributed by atoms with van der Waals surface area (Å²) in [4.78, 5) is 0. The smallest absolute Gasteiger partial charge is 0.200 e. The molecule has 0 aliphatic rings. The Morgan fingerprint density at radius 3 is 1.13 bits per heavy atom. The van der Waals surface area contributed by atoms with Crippen molar-refractivity contribution in [2.24, 2.45) is 0 Å². The van der Waals surface area contributed by atoms with Gasteiger partial charge < -0.3 is 0 Å². The molecular weight excluding hydrogens is 528 g/mol. The zero-order valence-corrected chi connectivity index (χ0v) is 18.3. The summed E-state index contributed by atoms with van der Waals surface area (Å²) in [6.45, 7) is 0. The SMILES string of the molecule is N#Cc1ccc2c(-c3c(F)c(F)c(F)c(F)c3F)c3ccccc3c(-c3c(F)c(F)c(F)c(F)c3F)c2c1. The summed E-state index contributed by atoms with van der Waals surface area (Å²) in [6, 6.07) is 9.43. The number of nitriles is 1. The fraction of sp³-hybridized carbons (Fsp3) is 0. The first-order chi connectivity index (χ1) is 18.0. The first-order valence-electron chi connectivity index (χ1n) is 10.4. The van der Waals surface area contributed by atoms with Crippen LogP contribution >= 0.6 is 0 Å². The number of halogens is 10. The molecular formula is C27H7F10N. The van der Waals surface area contributed by atoms with E-state index in [-0.39, 0.29) is 16.3 Å². The lowest BCUT2D eigenvalue weighted by molar-refractivity contribution is 0.381. The highest BCUT2D eigenvalue weighted by atomic mass is 19.2. The Morgan fingerprint density at radius 2 is 0.737 bits per heavy atom. The van der Waals surface area contributed by atoms with Crippen LogP contribution in [0.1, 0.15) is 5.56 Å². The molecule has 5 aromatic rings. The van der Waals surface area contributed by atoms with E-state index in [1.54, 1.807) is 6.07 Å². The molecule has 0 amide bonds. The summed E-state index contributed by atoms with van der Waals surface area (Å²) >= 11 is 0. The van der Waals surface area contributed by atoms with Gasteiger partial charge >= 0.3 is 0 Å². The molecule has 0 bridgehead atoms. The zero-order valence-electron chi connectivity index (χ0n) is 18.3. The fourth-order valence-corrected chi connectivity index (χ4v) is 4.44. The van der Waals surface area contributed by atoms with Crippen LogP contribution in [0.15, 0.2) is 42.5 Å². The van der Waals surface area contributed by atoms with Crippen LogP contribution in [0.4, 0.5) is 43.9 Å². The summed E-state index contributed by atoms with van der Waals surface area (Å²) in [7, 11) is 0. The minimum Gasteiger partial charge on any atom is -0.203 e. The van der Waals surface area contributed by atoms with Crippen molar-refractivity contribution in [3.05, 3.63) is 106 Å². The molecule has 0 heterocycles. The van der Waals surface area contributed by atoms with Crippen molar-refractivity contribution in [3.8, 4) is 28.3 Å². The summed E-state index contributed by atoms with van der Waals surface area (Å²) in [5.74, 6) is -22.9. The van der Waals surface area contributed by atoms with Crippen LogP contribution < -0.4 is 0 Å². The number of hydrogen-bond acceptors (Lipinski definition) is 1. The maximum absolute atomic E-state index is 15.0. The first-order valence-corrected chi connectivity index (χ1v) is 10.4. The molecule has 0 atom stereocenters. The Kier molecular flexibility index (Phi) is 5.78. The second-order valence-corrected chi connectivity index (χ2v) is 8.06. The highest BCUT2D eigenvalue weighted by Gasteiger charge is 2.32. The Morgan fingerprint density at radius 1 is 0.395 bits per heavy atom. The van der Waals surface area contributed by atoms with Crippen LogP contribution in [0.3, 0.4) is 0 Å². The minimum absolute atomic E-state index is 0.207. The molecule has 11 heteroatoms. The number of benzene rings is 5. The molecule has 0 aliphatic carbocycles. The number of rotatable bonds is 2. The molecule has 0 N–H and O–H groups in total. The van der Waals surface area contributed by atoms with Gasteiger partial charge in [-0.15, -0.1) is 0 Å². The molecule has 0 unspecified atom stereocenters. The van der Waals surface area contributed by atoms with Crippen LogP contribution in [0, 0.1) is 69.5 Å². The second-order valence-electron chi connectivity index (χ2n) is 8.06. The third-order valence-electron chi connectivity index (χ3n) is 6.07. The lowest BCUT2D eigenvalue weighted by atomic mass is 9.84. The van der Waals surface area contributed by atoms with Crippen molar-refractivity contribution < 1.29 is 43.9 Å². The van der Waals surface area contributed by atoms with E-state index in [9.17, 15) is 49.2 Å². The Labute approximate surface area is 205 Å². The standard InChI is InChI=1S/C27H7F10N/c28-18-16(19(29)23(33)26(36)22(18)32)14-10-3-1-2-4-11(10)15(13-7-9(8-38)5-6-12(13)14)17-20(30)24(34)27(37)25(35)21(17)31/h1-7H. The largest absolute Gasteiger partial charge is 0.203 e. The fourth-order valence-electron chi connectivity index (χ4n) is 4.44. The van der Waals surface area contributed by atoms with E-state index in [1.807, 2.05) is 0 Å². The van der Waals surface area contributed by atoms with Gasteiger partial charge in [-0.1, -0.05) is 30.3 Å². The zero-order chi connectivity index (χ0) is 27.6. The van der Waals surface area contributed by atoms with E-state index < -0.39 is 91.2 Å². The molecule has 38 heavy (non-hydrogen) atoms. The van der Waals surface area contributed by atoms with Crippen molar-refractivity contribution in [3.63, 3.8) is 0 Å². The van der Waals surface area contributed by atoms with E-state index in [0.717, 1.165) is 30.3 Å². The van der Waals surface area contributed by atoms with E-state index >= 15 is 0 Å². The van der Waals surface area contributed by atoms with Crippen molar-refractivity contribution in [2.75, 3.05) is 0 Å². The van der Waals surface area contributed by atoms with Gasteiger partial charge in [-0.2, -0.15) is 5.26 Å². The minimum atomic E-state index is -2.44. The topological polar surface area (TPSA) is 23.8 Å². The third kappa shape index (κ3) is 3.33. The monoisotopic (exact) mass is 535 g/mol. The molecule has 0 saturated heterocycles. The number of hydrogen-bond donors (Lipinski definition) is 0. The van der Waals surface area contributed by atoms with Crippen LogP contribution in [0.25, 0.3) is 43.8 Å². The van der Waals surface area contributed by atoms with Crippen LogP contribution in [0.2, 0.25) is 0 Å². The van der Waals surface area contributed by atoms with E-state index in [0.29, 0.717) is 0 Å². The van der Waals surface area contributed by atoms with Gasteiger partial charge in [0.25, 0.3) is 0 Å². The van der Waals surface area contributed by atoms with Crippen molar-refractivity contribution in [1.82, 2.24) is 0 Å². The van der Waals surface area contributed by atoms with Crippen LogP contribution in [-0.2, 0) is 0 Å². The van der Waals surface area contributed by atoms with E-state index in [1.165, 1.54) is 12.1 Å². The summed E-state index contributed by atoms with van der Waals surface area (Å²) < 4.78 is 144. The average molecular weight is 535 g/mol. The molecule has 0 fully saturated rings. The van der Waals surface area contributed by atoms with E-state index in [2.05, 4.69) is 0 Å². The molecule has 0 radical (unpaired) electrons. The van der Waals surface area contributed by atoms with Gasteiger partial charge in [-0.3, -0.25) is 0 Å². The molecule has 0 aromatic heterocycles. The molecule has 0 saturated carbocycles. The molecule has 0 aliphatic heterocycles. The van der Waals surface area contributed by atoms with Gasteiger partial charge in [0.05, 0.1) is 22.8 Å². The van der Waals surface area contributed by atoms with Gasteiger partial charge in [-0.05, 0) is 33.7 Å². The highest BCUT2D eigenvalue weighted by Crippen LogP contribution is 2.47. The summed E-state index contributed by atoms with van der Waals surface area (Å²) in [5.41, 5.74) is -4.30. The maximum atomic E-state index is 15.0. The van der Waals surface area contributed by atoms with Gasteiger partial charge in [0.15, 0.2) is 46.5 Å². The maximum Gasteiger partial charge on any atom is 0.200 e. The predicted octanol–water partition coefficient (Wildman–Crippen LogP) is 8.59. The molecule has 1 nitrogen and oxygen atoms in total. The van der Waals surface area contributed by atoms with Gasteiger partial charge in [0.2, 0.25) is 11.6 Å². The molecule has 0 spiro atoms. The normalized spacial score (nSPS) is 11.4. The summed E-state index contributed by atoms with van der Waals surface area (Å²) in [6.07, 6.45) is 0. The lowest BCUT2D eigenvalue weighted by Crippen LogP contribution is -2.07. The van der Waals surface area contributed by atoms with Gasteiger partial charge in [0.1, 0.15) is 0 Å². The van der Waals surface area contributed by atoms with Gasteiger partial charge in [-0.25, -0.2) is 43.9 Å². The number of fused-ring (bicyclic) bond motifs is 2. The second kappa shape index (κ2) is 8.76. The highest BCUT2D eigenvalue weighted by molar-refractivity contribution is 6.21. The Hall–Kier alpha value is -4.59.